The Morgan fingerprint density at radius 1 is 1.37 bits per heavy atom. The van der Waals surface area contributed by atoms with Crippen molar-refractivity contribution in [3.05, 3.63) is 12.1 Å². The third-order valence-electron chi connectivity index (χ3n) is 2.84. The number of nitrogens with zero attached hydrogens (tertiary/aromatic N) is 2. The number of rotatable bonds is 6. The molecule has 0 radical (unpaired) electrons. The quantitative estimate of drug-likeness (QED) is 0.804. The molecular weight excluding hydrogens is 268 g/mol. The van der Waals surface area contributed by atoms with Gasteiger partial charge in [-0.25, -0.2) is 8.42 Å². The Hall–Kier alpha value is -1.41. The van der Waals surface area contributed by atoms with Crippen molar-refractivity contribution in [3.8, 4) is 0 Å². The molecule has 1 unspecified atom stereocenters. The van der Waals surface area contributed by atoms with E-state index in [9.17, 15) is 8.42 Å². The Bertz CT molecular complexity index is 497. The third-order valence-corrected chi connectivity index (χ3v) is 4.12. The molecule has 0 saturated carbocycles. The fourth-order valence-corrected chi connectivity index (χ4v) is 2.31. The van der Waals surface area contributed by atoms with Crippen LogP contribution in [0.4, 0.5) is 11.6 Å². The molecule has 0 aromatic carbocycles. The van der Waals surface area contributed by atoms with Crippen LogP contribution in [0.5, 0.6) is 0 Å². The molecule has 7 nitrogen and oxygen atoms in total. The Labute approximate surface area is 112 Å². The molecule has 1 aromatic heterocycles. The predicted molar refractivity (Wildman–Crippen MR) is 72.6 cm³/mol. The molecule has 2 N–H and O–H groups in total. The third kappa shape index (κ3) is 4.32. The lowest BCUT2D eigenvalue weighted by Crippen LogP contribution is -2.19. The number of ether oxygens (including phenoxy) is 1. The highest BCUT2D eigenvalue weighted by atomic mass is 32.2. The van der Waals surface area contributed by atoms with Crippen LogP contribution in [-0.4, -0.2) is 43.6 Å². The maximum absolute atomic E-state index is 11.3. The number of aromatic nitrogens is 2. The van der Waals surface area contributed by atoms with E-state index in [0.717, 1.165) is 19.4 Å². The van der Waals surface area contributed by atoms with Crippen molar-refractivity contribution >= 4 is 21.7 Å². The lowest BCUT2D eigenvalue weighted by molar-refractivity contribution is 0.120. The Morgan fingerprint density at radius 2 is 2.11 bits per heavy atom. The number of hydrogen-bond donors (Lipinski definition) is 2. The van der Waals surface area contributed by atoms with E-state index in [4.69, 9.17) is 4.74 Å². The van der Waals surface area contributed by atoms with Crippen molar-refractivity contribution in [1.29, 1.82) is 0 Å². The van der Waals surface area contributed by atoms with E-state index in [0.29, 0.717) is 12.4 Å². The van der Waals surface area contributed by atoms with E-state index < -0.39 is 10.0 Å². The molecule has 2 rings (SSSR count). The summed E-state index contributed by atoms with van der Waals surface area (Å²) in [6, 6.07) is 3.27. The molecule has 0 spiro atoms. The van der Waals surface area contributed by atoms with E-state index in [2.05, 4.69) is 20.2 Å². The number of anilines is 2. The second kappa shape index (κ2) is 6.16. The Balaban J connectivity index is 1.87. The van der Waals surface area contributed by atoms with Gasteiger partial charge in [0.1, 0.15) is 5.82 Å². The van der Waals surface area contributed by atoms with Crippen molar-refractivity contribution < 1.29 is 13.2 Å². The second-order valence-electron chi connectivity index (χ2n) is 4.33. The highest BCUT2D eigenvalue weighted by Gasteiger charge is 2.15. The zero-order valence-electron chi connectivity index (χ0n) is 10.8. The number of nitrogens with one attached hydrogen (secondary N) is 2. The monoisotopic (exact) mass is 286 g/mol. The lowest BCUT2D eigenvalue weighted by Gasteiger charge is -2.11. The van der Waals surface area contributed by atoms with Crippen LogP contribution in [0.2, 0.25) is 0 Å². The molecule has 1 atom stereocenters. The summed E-state index contributed by atoms with van der Waals surface area (Å²) in [5.74, 6) is 0.840. The lowest BCUT2D eigenvalue weighted by atomic mass is 10.2. The standard InChI is InChI=1S/C11H18N4O3S/c1-2-19(16,17)15-11-6-5-10(13-14-11)12-8-9-4-3-7-18-9/h5-6,9H,2-4,7-8H2,1H3,(H,12,13)(H,14,15). The molecule has 1 aliphatic rings. The van der Waals surface area contributed by atoms with Crippen LogP contribution in [0.15, 0.2) is 12.1 Å². The van der Waals surface area contributed by atoms with Crippen LogP contribution >= 0.6 is 0 Å². The van der Waals surface area contributed by atoms with Crippen molar-refractivity contribution in [2.24, 2.45) is 0 Å². The summed E-state index contributed by atoms with van der Waals surface area (Å²) in [5.41, 5.74) is 0. The van der Waals surface area contributed by atoms with Crippen LogP contribution in [0.1, 0.15) is 19.8 Å². The smallest absolute Gasteiger partial charge is 0.233 e. The van der Waals surface area contributed by atoms with Crippen LogP contribution in [0, 0.1) is 0 Å². The van der Waals surface area contributed by atoms with Gasteiger partial charge >= 0.3 is 0 Å². The number of hydrogen-bond acceptors (Lipinski definition) is 6. The van der Waals surface area contributed by atoms with E-state index >= 15 is 0 Å². The predicted octanol–water partition coefficient (Wildman–Crippen LogP) is 0.829. The van der Waals surface area contributed by atoms with Crippen LogP contribution in [-0.2, 0) is 14.8 Å². The van der Waals surface area contributed by atoms with Crippen molar-refractivity contribution in [1.82, 2.24) is 10.2 Å². The van der Waals surface area contributed by atoms with Gasteiger partial charge in [-0.2, -0.15) is 0 Å². The van der Waals surface area contributed by atoms with Crippen molar-refractivity contribution in [3.63, 3.8) is 0 Å². The minimum Gasteiger partial charge on any atom is -0.376 e. The normalized spacial score (nSPS) is 19.3. The summed E-state index contributed by atoms with van der Waals surface area (Å²) in [5, 5.41) is 10.8. The summed E-state index contributed by atoms with van der Waals surface area (Å²) in [7, 11) is -3.30. The average molecular weight is 286 g/mol. The van der Waals surface area contributed by atoms with Gasteiger partial charge in [0.25, 0.3) is 0 Å². The topological polar surface area (TPSA) is 93.2 Å². The van der Waals surface area contributed by atoms with Crippen LogP contribution in [0.3, 0.4) is 0 Å². The van der Waals surface area contributed by atoms with Gasteiger partial charge < -0.3 is 10.1 Å². The highest BCUT2D eigenvalue weighted by Crippen LogP contribution is 2.13. The van der Waals surface area contributed by atoms with Gasteiger partial charge in [0.2, 0.25) is 10.0 Å². The minimum atomic E-state index is -3.30. The second-order valence-corrected chi connectivity index (χ2v) is 6.34. The molecule has 8 heteroatoms. The maximum atomic E-state index is 11.3. The summed E-state index contributed by atoms with van der Waals surface area (Å²) in [6.45, 7) is 3.07. The SMILES string of the molecule is CCS(=O)(=O)Nc1ccc(NCC2CCCO2)nn1. The molecule has 19 heavy (non-hydrogen) atoms. The highest BCUT2D eigenvalue weighted by molar-refractivity contribution is 7.92. The van der Waals surface area contributed by atoms with Crippen molar-refractivity contribution in [2.75, 3.05) is 28.9 Å². The molecule has 2 heterocycles. The first-order valence-electron chi connectivity index (χ1n) is 6.29. The fourth-order valence-electron chi connectivity index (χ4n) is 1.74. The molecule has 1 saturated heterocycles. The summed E-state index contributed by atoms with van der Waals surface area (Å²) in [6.07, 6.45) is 2.37. The van der Waals surface area contributed by atoms with Crippen LogP contribution < -0.4 is 10.0 Å². The Kier molecular flexibility index (Phi) is 4.54. The molecule has 1 aliphatic heterocycles. The van der Waals surface area contributed by atoms with E-state index in [1.807, 2.05) is 0 Å². The van der Waals surface area contributed by atoms with Gasteiger partial charge in [-0.1, -0.05) is 0 Å². The zero-order valence-corrected chi connectivity index (χ0v) is 11.6. The molecule has 106 valence electrons. The van der Waals surface area contributed by atoms with E-state index in [-0.39, 0.29) is 17.7 Å². The van der Waals surface area contributed by atoms with Gasteiger partial charge in [-0.05, 0) is 31.9 Å². The molecule has 0 aliphatic carbocycles. The van der Waals surface area contributed by atoms with Gasteiger partial charge in [-0.3, -0.25) is 4.72 Å². The van der Waals surface area contributed by atoms with Gasteiger partial charge in [0.15, 0.2) is 5.82 Å². The minimum absolute atomic E-state index is 0.00764. The van der Waals surface area contributed by atoms with Crippen LogP contribution in [0.25, 0.3) is 0 Å². The summed E-state index contributed by atoms with van der Waals surface area (Å²) >= 11 is 0. The maximum Gasteiger partial charge on any atom is 0.233 e. The van der Waals surface area contributed by atoms with Crippen molar-refractivity contribution in [2.45, 2.75) is 25.9 Å². The zero-order chi connectivity index (χ0) is 13.7. The van der Waals surface area contributed by atoms with Gasteiger partial charge in [0.05, 0.1) is 11.9 Å². The molecule has 1 aromatic rings. The Morgan fingerprint density at radius 3 is 2.68 bits per heavy atom. The largest absolute Gasteiger partial charge is 0.376 e. The first-order valence-corrected chi connectivity index (χ1v) is 7.94. The first kappa shape index (κ1) is 14.0. The van der Waals surface area contributed by atoms with E-state index in [1.165, 1.54) is 0 Å². The number of sulfonamides is 1. The molecular formula is C11H18N4O3S. The molecule has 0 bridgehead atoms. The average Bonchev–Trinajstić information content (AvgIpc) is 2.91. The summed E-state index contributed by atoms with van der Waals surface area (Å²) < 4.78 is 30.5. The molecule has 1 fully saturated rings. The fraction of sp³-hybridized carbons (Fsp3) is 0.636. The van der Waals surface area contributed by atoms with Gasteiger partial charge in [-0.15, -0.1) is 10.2 Å². The van der Waals surface area contributed by atoms with Gasteiger partial charge in [0, 0.05) is 13.2 Å². The van der Waals surface area contributed by atoms with E-state index in [1.54, 1.807) is 19.1 Å². The molecule has 0 amide bonds. The summed E-state index contributed by atoms with van der Waals surface area (Å²) in [4.78, 5) is 0. The first-order chi connectivity index (χ1) is 9.09.